The predicted molar refractivity (Wildman–Crippen MR) is 78.1 cm³/mol. The van der Waals surface area contributed by atoms with Crippen molar-refractivity contribution in [3.63, 3.8) is 0 Å². The van der Waals surface area contributed by atoms with Crippen LogP contribution in [0.1, 0.15) is 19.4 Å². The Labute approximate surface area is 120 Å². The molecule has 5 nitrogen and oxygen atoms in total. The van der Waals surface area contributed by atoms with Gasteiger partial charge >= 0.3 is 0 Å². The van der Waals surface area contributed by atoms with Crippen molar-refractivity contribution in [2.75, 3.05) is 26.8 Å². The Hall–Kier alpha value is -1.30. The molecule has 3 N–H and O–H groups in total. The highest BCUT2D eigenvalue weighted by atomic mass is 16.5. The van der Waals surface area contributed by atoms with E-state index in [0.717, 1.165) is 12.1 Å². The van der Waals surface area contributed by atoms with E-state index in [4.69, 9.17) is 14.6 Å². The summed E-state index contributed by atoms with van der Waals surface area (Å²) in [5.74, 6) is 1.67. The van der Waals surface area contributed by atoms with Crippen LogP contribution in [-0.4, -0.2) is 43.1 Å². The van der Waals surface area contributed by atoms with Crippen molar-refractivity contribution < 1.29 is 19.7 Å². The second kappa shape index (κ2) is 8.79. The molecule has 1 unspecified atom stereocenters. The van der Waals surface area contributed by atoms with Gasteiger partial charge in [-0.3, -0.25) is 0 Å². The molecule has 0 aliphatic rings. The van der Waals surface area contributed by atoms with Gasteiger partial charge in [-0.05, 0) is 30.2 Å². The number of nitrogens with one attached hydrogen (secondary N) is 1. The van der Waals surface area contributed by atoms with E-state index in [1.54, 1.807) is 25.3 Å². The average Bonchev–Trinajstić information content (AvgIpc) is 2.44. The van der Waals surface area contributed by atoms with Gasteiger partial charge in [0.2, 0.25) is 0 Å². The number of aliphatic hydroxyl groups excluding tert-OH is 2. The van der Waals surface area contributed by atoms with Gasteiger partial charge in [0.1, 0.15) is 12.7 Å². The number of hydrogen-bond acceptors (Lipinski definition) is 5. The van der Waals surface area contributed by atoms with Crippen LogP contribution in [0.15, 0.2) is 18.2 Å². The van der Waals surface area contributed by atoms with Crippen molar-refractivity contribution >= 4 is 0 Å². The Morgan fingerprint density at radius 2 is 1.95 bits per heavy atom. The van der Waals surface area contributed by atoms with Gasteiger partial charge in [-0.2, -0.15) is 0 Å². The lowest BCUT2D eigenvalue weighted by Gasteiger charge is -2.16. The van der Waals surface area contributed by atoms with Gasteiger partial charge in [0.25, 0.3) is 0 Å². The molecule has 5 heteroatoms. The number of ether oxygens (including phenoxy) is 2. The van der Waals surface area contributed by atoms with Gasteiger partial charge in [0.15, 0.2) is 11.5 Å². The summed E-state index contributed by atoms with van der Waals surface area (Å²) in [4.78, 5) is 0. The fraction of sp³-hybridized carbons (Fsp3) is 0.600. The van der Waals surface area contributed by atoms with E-state index in [0.29, 0.717) is 24.0 Å². The van der Waals surface area contributed by atoms with Gasteiger partial charge in [0.05, 0.1) is 13.7 Å². The second-order valence-corrected chi connectivity index (χ2v) is 5.16. The molecule has 0 spiro atoms. The first kappa shape index (κ1) is 16.8. The van der Waals surface area contributed by atoms with Crippen molar-refractivity contribution in [1.82, 2.24) is 5.32 Å². The molecule has 20 heavy (non-hydrogen) atoms. The lowest BCUT2D eigenvalue weighted by molar-refractivity contribution is 0.104. The first-order chi connectivity index (χ1) is 9.56. The summed E-state index contributed by atoms with van der Waals surface area (Å²) in [6.07, 6.45) is -0.573. The summed E-state index contributed by atoms with van der Waals surface area (Å²) >= 11 is 0. The molecular formula is C15H25NO4. The summed E-state index contributed by atoms with van der Waals surface area (Å²) in [6.45, 7) is 5.74. The molecule has 0 aliphatic heterocycles. The van der Waals surface area contributed by atoms with Gasteiger partial charge in [-0.25, -0.2) is 0 Å². The van der Waals surface area contributed by atoms with Crippen LogP contribution < -0.4 is 14.8 Å². The maximum atomic E-state index is 9.82. The molecule has 0 amide bonds. The van der Waals surface area contributed by atoms with E-state index in [9.17, 15) is 5.11 Å². The summed E-state index contributed by atoms with van der Waals surface area (Å²) < 4.78 is 10.7. The number of methoxy groups -OCH3 is 1. The third-order valence-corrected chi connectivity index (χ3v) is 2.77. The molecule has 0 saturated heterocycles. The smallest absolute Gasteiger partial charge is 0.161 e. The van der Waals surface area contributed by atoms with E-state index < -0.39 is 6.10 Å². The summed E-state index contributed by atoms with van der Waals surface area (Å²) in [5.41, 5.74) is 0.758. The van der Waals surface area contributed by atoms with Crippen LogP contribution in [-0.2, 0) is 6.61 Å². The highest BCUT2D eigenvalue weighted by Gasteiger charge is 2.09. The number of rotatable bonds is 9. The van der Waals surface area contributed by atoms with Crippen molar-refractivity contribution in [3.05, 3.63) is 23.8 Å². The molecule has 1 rings (SSSR count). The Balaban J connectivity index is 2.44. The highest BCUT2D eigenvalue weighted by molar-refractivity contribution is 5.42. The molecule has 0 aromatic heterocycles. The third kappa shape index (κ3) is 5.77. The van der Waals surface area contributed by atoms with Crippen LogP contribution in [0.25, 0.3) is 0 Å². The van der Waals surface area contributed by atoms with Crippen molar-refractivity contribution in [2.24, 2.45) is 5.92 Å². The monoisotopic (exact) mass is 283 g/mol. The minimum Gasteiger partial charge on any atom is -0.493 e. The molecule has 1 aromatic rings. The zero-order chi connectivity index (χ0) is 15.0. The lowest BCUT2D eigenvalue weighted by Crippen LogP contribution is -2.33. The van der Waals surface area contributed by atoms with E-state index in [1.165, 1.54) is 0 Å². The number of aliphatic hydroxyl groups is 2. The van der Waals surface area contributed by atoms with Crippen LogP contribution in [0.2, 0.25) is 0 Å². The Morgan fingerprint density at radius 3 is 2.55 bits per heavy atom. The number of benzene rings is 1. The predicted octanol–water partition coefficient (Wildman–Crippen LogP) is 1.17. The second-order valence-electron chi connectivity index (χ2n) is 5.16. The molecule has 0 radical (unpaired) electrons. The Kier molecular flexibility index (Phi) is 7.36. The topological polar surface area (TPSA) is 71.0 Å². The lowest BCUT2D eigenvalue weighted by atomic mass is 10.2. The van der Waals surface area contributed by atoms with Gasteiger partial charge in [-0.15, -0.1) is 0 Å². The quantitative estimate of drug-likeness (QED) is 0.634. The zero-order valence-corrected chi connectivity index (χ0v) is 12.4. The van der Waals surface area contributed by atoms with Crippen LogP contribution in [0.3, 0.4) is 0 Å². The maximum Gasteiger partial charge on any atom is 0.161 e. The van der Waals surface area contributed by atoms with E-state index >= 15 is 0 Å². The normalized spacial score (nSPS) is 12.5. The van der Waals surface area contributed by atoms with Gasteiger partial charge in [-0.1, -0.05) is 19.9 Å². The number of hydrogen-bond donors (Lipinski definition) is 3. The first-order valence-corrected chi connectivity index (χ1v) is 6.86. The SMILES string of the molecule is COc1cc(CO)ccc1OCC(O)CNCC(C)C. The molecule has 0 heterocycles. The van der Waals surface area contributed by atoms with Crippen LogP contribution in [0.5, 0.6) is 11.5 Å². The Bertz CT molecular complexity index is 395. The largest absolute Gasteiger partial charge is 0.493 e. The zero-order valence-electron chi connectivity index (χ0n) is 12.4. The Morgan fingerprint density at radius 1 is 1.20 bits per heavy atom. The minimum atomic E-state index is -0.573. The van der Waals surface area contributed by atoms with Gasteiger partial charge < -0.3 is 25.0 Å². The fourth-order valence-corrected chi connectivity index (χ4v) is 1.71. The minimum absolute atomic E-state index is 0.0433. The van der Waals surface area contributed by atoms with Crippen LogP contribution in [0.4, 0.5) is 0 Å². The maximum absolute atomic E-state index is 9.82. The first-order valence-electron chi connectivity index (χ1n) is 6.86. The average molecular weight is 283 g/mol. The molecule has 0 bridgehead atoms. The standard InChI is InChI=1S/C15H25NO4/c1-11(2)7-16-8-13(18)10-20-14-5-4-12(9-17)6-15(14)19-3/h4-6,11,13,16-18H,7-10H2,1-3H3. The molecule has 114 valence electrons. The molecular weight excluding hydrogens is 258 g/mol. The van der Waals surface area contributed by atoms with Gasteiger partial charge in [0, 0.05) is 6.54 Å². The molecule has 0 saturated carbocycles. The summed E-state index contributed by atoms with van der Waals surface area (Å²) in [7, 11) is 1.55. The molecule has 0 aliphatic carbocycles. The third-order valence-electron chi connectivity index (χ3n) is 2.77. The van der Waals surface area contributed by atoms with Crippen molar-refractivity contribution in [1.29, 1.82) is 0 Å². The van der Waals surface area contributed by atoms with Crippen LogP contribution in [0, 0.1) is 5.92 Å². The highest BCUT2D eigenvalue weighted by Crippen LogP contribution is 2.28. The summed E-state index contributed by atoms with van der Waals surface area (Å²) in [5, 5.41) is 22.1. The van der Waals surface area contributed by atoms with Crippen molar-refractivity contribution in [3.8, 4) is 11.5 Å². The van der Waals surface area contributed by atoms with E-state index in [-0.39, 0.29) is 13.2 Å². The summed E-state index contributed by atoms with van der Waals surface area (Å²) in [6, 6.07) is 5.22. The molecule has 1 atom stereocenters. The van der Waals surface area contributed by atoms with E-state index in [1.807, 2.05) is 0 Å². The fourth-order valence-electron chi connectivity index (χ4n) is 1.71. The van der Waals surface area contributed by atoms with Crippen LogP contribution >= 0.6 is 0 Å². The molecule has 1 aromatic carbocycles. The molecule has 0 fully saturated rings. The van der Waals surface area contributed by atoms with E-state index in [2.05, 4.69) is 19.2 Å². The van der Waals surface area contributed by atoms with Crippen molar-refractivity contribution in [2.45, 2.75) is 26.6 Å².